The van der Waals surface area contributed by atoms with Gasteiger partial charge in [-0.15, -0.1) is 0 Å². The zero-order valence-corrected chi connectivity index (χ0v) is 11.9. The Morgan fingerprint density at radius 2 is 1.90 bits per heavy atom. The van der Waals surface area contributed by atoms with Crippen LogP contribution in [-0.2, 0) is 0 Å². The van der Waals surface area contributed by atoms with E-state index in [2.05, 4.69) is 24.1 Å². The lowest BCUT2D eigenvalue weighted by atomic mass is 10.0. The standard InChI is InChI=1S/C14H14ClN3O2/c1-9(2)10-3-5-11(6-4-10)16-14-8-12(18(19)20)7-13(15)17-14/h3-9H,1-2H3,(H,16,17). The second kappa shape index (κ2) is 5.88. The molecule has 1 heterocycles. The van der Waals surface area contributed by atoms with Gasteiger partial charge in [0.25, 0.3) is 5.69 Å². The molecule has 6 heteroatoms. The lowest BCUT2D eigenvalue weighted by Crippen LogP contribution is -1.97. The Morgan fingerprint density at radius 3 is 2.45 bits per heavy atom. The van der Waals surface area contributed by atoms with Gasteiger partial charge in [-0.2, -0.15) is 0 Å². The van der Waals surface area contributed by atoms with E-state index in [4.69, 9.17) is 11.6 Å². The highest BCUT2D eigenvalue weighted by Gasteiger charge is 2.10. The highest BCUT2D eigenvalue weighted by atomic mass is 35.5. The fourth-order valence-electron chi connectivity index (χ4n) is 1.75. The van der Waals surface area contributed by atoms with Crippen molar-refractivity contribution >= 4 is 28.8 Å². The van der Waals surface area contributed by atoms with Gasteiger partial charge in [0, 0.05) is 5.69 Å². The zero-order chi connectivity index (χ0) is 14.7. The maximum Gasteiger partial charge on any atom is 0.276 e. The zero-order valence-electron chi connectivity index (χ0n) is 11.1. The van der Waals surface area contributed by atoms with Crippen molar-refractivity contribution in [2.75, 3.05) is 5.32 Å². The summed E-state index contributed by atoms with van der Waals surface area (Å²) >= 11 is 5.77. The highest BCUT2D eigenvalue weighted by molar-refractivity contribution is 6.29. The van der Waals surface area contributed by atoms with E-state index in [-0.39, 0.29) is 10.8 Å². The van der Waals surface area contributed by atoms with Crippen LogP contribution in [0.5, 0.6) is 0 Å². The molecule has 0 aliphatic heterocycles. The van der Waals surface area contributed by atoms with Gasteiger partial charge in [-0.25, -0.2) is 4.98 Å². The van der Waals surface area contributed by atoms with Gasteiger partial charge in [0.1, 0.15) is 11.0 Å². The number of nitrogens with zero attached hydrogens (tertiary/aromatic N) is 2. The summed E-state index contributed by atoms with van der Waals surface area (Å²) in [5, 5.41) is 13.9. The number of nitrogens with one attached hydrogen (secondary N) is 1. The Balaban J connectivity index is 2.23. The fraction of sp³-hybridized carbons (Fsp3) is 0.214. The molecule has 0 spiro atoms. The summed E-state index contributed by atoms with van der Waals surface area (Å²) in [5.41, 5.74) is 1.94. The van der Waals surface area contributed by atoms with Crippen LogP contribution in [0.4, 0.5) is 17.2 Å². The smallest absolute Gasteiger partial charge is 0.276 e. The molecule has 2 rings (SSSR count). The molecule has 104 valence electrons. The minimum absolute atomic E-state index is 0.0838. The maximum atomic E-state index is 10.8. The van der Waals surface area contributed by atoms with E-state index in [9.17, 15) is 10.1 Å². The molecule has 20 heavy (non-hydrogen) atoms. The van der Waals surface area contributed by atoms with Crippen LogP contribution in [0.25, 0.3) is 0 Å². The highest BCUT2D eigenvalue weighted by Crippen LogP contribution is 2.24. The summed E-state index contributed by atoms with van der Waals surface area (Å²) in [6.45, 7) is 4.23. The number of nitro groups is 1. The predicted octanol–water partition coefficient (Wildman–Crippen LogP) is 4.51. The number of rotatable bonds is 4. The summed E-state index contributed by atoms with van der Waals surface area (Å²) in [4.78, 5) is 14.3. The number of halogens is 1. The monoisotopic (exact) mass is 291 g/mol. The second-order valence-corrected chi connectivity index (χ2v) is 5.08. The molecule has 2 aromatic rings. The minimum atomic E-state index is -0.499. The van der Waals surface area contributed by atoms with Crippen LogP contribution in [0.2, 0.25) is 5.15 Å². The van der Waals surface area contributed by atoms with E-state index in [0.717, 1.165) is 5.69 Å². The van der Waals surface area contributed by atoms with E-state index in [0.29, 0.717) is 11.7 Å². The number of anilines is 2. The first-order valence-electron chi connectivity index (χ1n) is 6.14. The van der Waals surface area contributed by atoms with E-state index < -0.39 is 4.92 Å². The summed E-state index contributed by atoms with van der Waals surface area (Å²) in [7, 11) is 0. The molecule has 0 aliphatic rings. The summed E-state index contributed by atoms with van der Waals surface area (Å²) in [5.74, 6) is 0.802. The summed E-state index contributed by atoms with van der Waals surface area (Å²) in [6.07, 6.45) is 0. The van der Waals surface area contributed by atoms with Gasteiger partial charge in [-0.05, 0) is 23.6 Å². The van der Waals surface area contributed by atoms with Crippen molar-refractivity contribution in [3.63, 3.8) is 0 Å². The van der Waals surface area contributed by atoms with Crippen molar-refractivity contribution in [2.24, 2.45) is 0 Å². The SMILES string of the molecule is CC(C)c1ccc(Nc2cc([N+](=O)[O-])cc(Cl)n2)cc1. The molecule has 0 saturated carbocycles. The van der Waals surface area contributed by atoms with Gasteiger partial charge < -0.3 is 5.32 Å². The molecule has 0 saturated heterocycles. The van der Waals surface area contributed by atoms with Crippen LogP contribution in [0.15, 0.2) is 36.4 Å². The van der Waals surface area contributed by atoms with E-state index in [1.165, 1.54) is 17.7 Å². The largest absolute Gasteiger partial charge is 0.340 e. The van der Waals surface area contributed by atoms with Gasteiger partial charge in [-0.1, -0.05) is 37.6 Å². The first-order valence-corrected chi connectivity index (χ1v) is 6.52. The number of benzene rings is 1. The Bertz CT molecular complexity index is 627. The van der Waals surface area contributed by atoms with Crippen LogP contribution in [0, 0.1) is 10.1 Å². The van der Waals surface area contributed by atoms with Crippen molar-refractivity contribution in [3.8, 4) is 0 Å². The quantitative estimate of drug-likeness (QED) is 0.511. The van der Waals surface area contributed by atoms with Crippen molar-refractivity contribution in [3.05, 3.63) is 57.2 Å². The number of hydrogen-bond donors (Lipinski definition) is 1. The molecule has 0 fully saturated rings. The molecule has 5 nitrogen and oxygen atoms in total. The van der Waals surface area contributed by atoms with Crippen molar-refractivity contribution < 1.29 is 4.92 Å². The molecular formula is C14H14ClN3O2. The average molecular weight is 292 g/mol. The third-order valence-electron chi connectivity index (χ3n) is 2.84. The van der Waals surface area contributed by atoms with Crippen LogP contribution in [0.3, 0.4) is 0 Å². The first kappa shape index (κ1) is 14.3. The van der Waals surface area contributed by atoms with E-state index >= 15 is 0 Å². The molecule has 0 unspecified atom stereocenters. The molecule has 0 bridgehead atoms. The Hall–Kier alpha value is -2.14. The van der Waals surface area contributed by atoms with Crippen molar-refractivity contribution in [2.45, 2.75) is 19.8 Å². The average Bonchev–Trinajstić information content (AvgIpc) is 2.38. The molecule has 1 aromatic heterocycles. The lowest BCUT2D eigenvalue weighted by molar-refractivity contribution is -0.384. The van der Waals surface area contributed by atoms with Gasteiger partial charge in [0.2, 0.25) is 0 Å². The molecule has 0 radical (unpaired) electrons. The Morgan fingerprint density at radius 1 is 1.25 bits per heavy atom. The molecule has 0 aliphatic carbocycles. The van der Waals surface area contributed by atoms with Gasteiger partial charge >= 0.3 is 0 Å². The summed E-state index contributed by atoms with van der Waals surface area (Å²) in [6, 6.07) is 10.4. The predicted molar refractivity (Wildman–Crippen MR) is 79.7 cm³/mol. The third kappa shape index (κ3) is 3.45. The molecular weight excluding hydrogens is 278 g/mol. The molecule has 0 atom stereocenters. The van der Waals surface area contributed by atoms with E-state index in [1.807, 2.05) is 24.3 Å². The maximum absolute atomic E-state index is 10.8. The number of pyridine rings is 1. The number of aromatic nitrogens is 1. The van der Waals surface area contributed by atoms with Crippen LogP contribution < -0.4 is 5.32 Å². The summed E-state index contributed by atoms with van der Waals surface area (Å²) < 4.78 is 0. The number of hydrogen-bond acceptors (Lipinski definition) is 4. The second-order valence-electron chi connectivity index (χ2n) is 4.69. The Labute approximate surface area is 121 Å². The van der Waals surface area contributed by atoms with Crippen molar-refractivity contribution in [1.82, 2.24) is 4.98 Å². The van der Waals surface area contributed by atoms with Crippen LogP contribution in [-0.4, -0.2) is 9.91 Å². The Kier molecular flexibility index (Phi) is 4.20. The van der Waals surface area contributed by atoms with E-state index in [1.54, 1.807) is 0 Å². The molecule has 0 amide bonds. The minimum Gasteiger partial charge on any atom is -0.340 e. The van der Waals surface area contributed by atoms with Crippen LogP contribution in [0.1, 0.15) is 25.3 Å². The normalized spacial score (nSPS) is 10.6. The molecule has 1 aromatic carbocycles. The topological polar surface area (TPSA) is 68.1 Å². The third-order valence-corrected chi connectivity index (χ3v) is 3.03. The molecule has 1 N–H and O–H groups in total. The van der Waals surface area contributed by atoms with Crippen LogP contribution >= 0.6 is 11.6 Å². The van der Waals surface area contributed by atoms with Gasteiger partial charge in [0.05, 0.1) is 17.1 Å². The van der Waals surface area contributed by atoms with Gasteiger partial charge in [0.15, 0.2) is 0 Å². The van der Waals surface area contributed by atoms with Crippen molar-refractivity contribution in [1.29, 1.82) is 0 Å². The fourth-order valence-corrected chi connectivity index (χ4v) is 1.95. The first-order chi connectivity index (χ1) is 9.45. The lowest BCUT2D eigenvalue weighted by Gasteiger charge is -2.09. The van der Waals surface area contributed by atoms with Gasteiger partial charge in [-0.3, -0.25) is 10.1 Å².